The lowest BCUT2D eigenvalue weighted by molar-refractivity contribution is -0.128. The molecule has 1 aromatic rings. The summed E-state index contributed by atoms with van der Waals surface area (Å²) >= 11 is 3.35. The molecule has 2 amide bonds. The summed E-state index contributed by atoms with van der Waals surface area (Å²) in [6.07, 6.45) is 0.881. The molecule has 2 heterocycles. The summed E-state index contributed by atoms with van der Waals surface area (Å²) in [5.41, 5.74) is -1.09. The number of nitrogens with one attached hydrogen (secondary N) is 1. The summed E-state index contributed by atoms with van der Waals surface area (Å²) in [7, 11) is 0. The van der Waals surface area contributed by atoms with Crippen molar-refractivity contribution in [2.75, 3.05) is 13.2 Å². The Morgan fingerprint density at radius 1 is 1.36 bits per heavy atom. The Bertz CT molecular complexity index is 865. The standard InChI is InChI=1S/C20H23BrN2O5/c1-19(2,3)28-18(26)23-7-6-11-9-20(11,23)17(25)22-14-10-27-15-8-12(21)4-5-13(15)16(14)24/h4-5,8,11,14H,6-7,9-10H2,1-3H3,(H,22,25). The second-order valence-electron chi connectivity index (χ2n) is 8.59. The Balaban J connectivity index is 1.49. The van der Waals surface area contributed by atoms with Crippen LogP contribution in [0.3, 0.4) is 0 Å². The number of Topliss-reactive ketones (excluding diaryl/α,β-unsaturated/α-hetero) is 1. The maximum Gasteiger partial charge on any atom is 0.411 e. The van der Waals surface area contributed by atoms with E-state index in [4.69, 9.17) is 9.47 Å². The van der Waals surface area contributed by atoms with Crippen LogP contribution in [0.4, 0.5) is 4.79 Å². The summed E-state index contributed by atoms with van der Waals surface area (Å²) in [5.74, 6) is 0.132. The number of ether oxygens (including phenoxy) is 2. The van der Waals surface area contributed by atoms with Crippen LogP contribution in [0.25, 0.3) is 0 Å². The summed E-state index contributed by atoms with van der Waals surface area (Å²) in [5, 5.41) is 2.82. The number of ketones is 1. The van der Waals surface area contributed by atoms with E-state index in [9.17, 15) is 14.4 Å². The molecule has 1 saturated heterocycles. The van der Waals surface area contributed by atoms with Crippen molar-refractivity contribution < 1.29 is 23.9 Å². The van der Waals surface area contributed by atoms with Gasteiger partial charge in [-0.1, -0.05) is 15.9 Å². The number of benzene rings is 1. The van der Waals surface area contributed by atoms with Crippen LogP contribution in [0.1, 0.15) is 44.0 Å². The van der Waals surface area contributed by atoms with Gasteiger partial charge in [0.25, 0.3) is 0 Å². The highest BCUT2D eigenvalue weighted by Crippen LogP contribution is 2.56. The molecule has 1 N–H and O–H groups in total. The van der Waals surface area contributed by atoms with Crippen molar-refractivity contribution in [2.45, 2.75) is 50.8 Å². The molecule has 2 fully saturated rings. The smallest absolute Gasteiger partial charge is 0.411 e. The highest BCUT2D eigenvalue weighted by Gasteiger charge is 2.69. The molecule has 8 heteroatoms. The summed E-state index contributed by atoms with van der Waals surface area (Å²) < 4.78 is 12.0. The van der Waals surface area contributed by atoms with E-state index in [-0.39, 0.29) is 24.2 Å². The number of rotatable bonds is 2. The summed E-state index contributed by atoms with van der Waals surface area (Å²) in [6.45, 7) is 5.95. The molecular formula is C20H23BrN2O5. The van der Waals surface area contributed by atoms with Crippen LogP contribution in [0.5, 0.6) is 5.75 Å². The van der Waals surface area contributed by atoms with Gasteiger partial charge in [-0.05, 0) is 57.7 Å². The van der Waals surface area contributed by atoms with E-state index in [0.29, 0.717) is 24.3 Å². The van der Waals surface area contributed by atoms with Crippen LogP contribution in [-0.4, -0.2) is 53.0 Å². The first kappa shape index (κ1) is 19.2. The van der Waals surface area contributed by atoms with Gasteiger partial charge in [-0.3, -0.25) is 14.5 Å². The van der Waals surface area contributed by atoms with Gasteiger partial charge >= 0.3 is 6.09 Å². The number of halogens is 1. The maximum atomic E-state index is 13.1. The number of carbonyl (C=O) groups excluding carboxylic acids is 3. The van der Waals surface area contributed by atoms with E-state index in [1.807, 2.05) is 0 Å². The fourth-order valence-corrected chi connectivity index (χ4v) is 4.43. The van der Waals surface area contributed by atoms with Gasteiger partial charge in [0.05, 0.1) is 5.56 Å². The van der Waals surface area contributed by atoms with Crippen molar-refractivity contribution in [1.29, 1.82) is 0 Å². The van der Waals surface area contributed by atoms with E-state index >= 15 is 0 Å². The molecule has 0 spiro atoms. The lowest BCUT2D eigenvalue weighted by Crippen LogP contribution is -2.56. The molecule has 1 aromatic carbocycles. The molecule has 150 valence electrons. The molecule has 3 aliphatic rings. The molecule has 1 aliphatic carbocycles. The zero-order chi connectivity index (χ0) is 20.3. The Morgan fingerprint density at radius 3 is 2.79 bits per heavy atom. The van der Waals surface area contributed by atoms with Gasteiger partial charge < -0.3 is 14.8 Å². The largest absolute Gasteiger partial charge is 0.490 e. The summed E-state index contributed by atoms with van der Waals surface area (Å²) in [4.78, 5) is 40.0. The van der Waals surface area contributed by atoms with Gasteiger partial charge in [-0.25, -0.2) is 4.79 Å². The SMILES string of the molecule is CC(C)(C)OC(=O)N1CCC2CC21C(=O)NC1COc2cc(Br)ccc2C1=O. The number of piperidine rings is 1. The predicted octanol–water partition coefficient (Wildman–Crippen LogP) is 2.91. The fourth-order valence-electron chi connectivity index (χ4n) is 4.09. The lowest BCUT2D eigenvalue weighted by atomic mass is 10.0. The molecule has 0 radical (unpaired) electrons. The highest BCUT2D eigenvalue weighted by atomic mass is 79.9. The van der Waals surface area contributed by atoms with E-state index in [1.54, 1.807) is 39.0 Å². The van der Waals surface area contributed by atoms with E-state index in [1.165, 1.54) is 4.90 Å². The quantitative estimate of drug-likeness (QED) is 0.748. The average molecular weight is 451 g/mol. The maximum absolute atomic E-state index is 13.1. The number of hydrogen-bond acceptors (Lipinski definition) is 5. The molecule has 3 atom stereocenters. The van der Waals surface area contributed by atoms with Gasteiger partial charge in [0.2, 0.25) is 5.91 Å². The van der Waals surface area contributed by atoms with Gasteiger partial charge in [-0.15, -0.1) is 0 Å². The Kier molecular flexibility index (Phi) is 4.45. The van der Waals surface area contributed by atoms with Crippen LogP contribution in [-0.2, 0) is 9.53 Å². The summed E-state index contributed by atoms with van der Waals surface area (Å²) in [6, 6.07) is 4.42. The van der Waals surface area contributed by atoms with E-state index in [0.717, 1.165) is 10.9 Å². The van der Waals surface area contributed by atoms with Gasteiger partial charge in [-0.2, -0.15) is 0 Å². The molecule has 3 unspecified atom stereocenters. The number of nitrogens with zero attached hydrogens (tertiary/aromatic N) is 1. The monoisotopic (exact) mass is 450 g/mol. The van der Waals surface area contributed by atoms with Crippen molar-refractivity contribution in [3.8, 4) is 5.75 Å². The van der Waals surface area contributed by atoms with Crippen molar-refractivity contribution in [2.24, 2.45) is 5.92 Å². The Hall–Kier alpha value is -2.09. The number of carbonyl (C=O) groups is 3. The minimum Gasteiger partial charge on any atom is -0.490 e. The lowest BCUT2D eigenvalue weighted by Gasteiger charge is -2.32. The third-order valence-corrected chi connectivity index (χ3v) is 5.99. The molecule has 1 saturated carbocycles. The first-order valence-corrected chi connectivity index (χ1v) is 10.2. The number of hydrogen-bond donors (Lipinski definition) is 1. The minimum atomic E-state index is -0.900. The van der Waals surface area contributed by atoms with Crippen LogP contribution in [0.2, 0.25) is 0 Å². The molecule has 28 heavy (non-hydrogen) atoms. The van der Waals surface area contributed by atoms with E-state index < -0.39 is 23.3 Å². The second-order valence-corrected chi connectivity index (χ2v) is 9.50. The third kappa shape index (κ3) is 3.17. The second kappa shape index (κ2) is 6.47. The molecular weight excluding hydrogens is 428 g/mol. The molecule has 7 nitrogen and oxygen atoms in total. The van der Waals surface area contributed by atoms with Crippen LogP contribution < -0.4 is 10.1 Å². The molecule has 2 aliphatic heterocycles. The van der Waals surface area contributed by atoms with Crippen molar-refractivity contribution >= 4 is 33.7 Å². The normalized spacial score (nSPS) is 28.1. The molecule has 4 rings (SSSR count). The third-order valence-electron chi connectivity index (χ3n) is 5.50. The van der Waals surface area contributed by atoms with Crippen LogP contribution in [0.15, 0.2) is 22.7 Å². The number of fused-ring (bicyclic) bond motifs is 2. The van der Waals surface area contributed by atoms with E-state index in [2.05, 4.69) is 21.2 Å². The van der Waals surface area contributed by atoms with Crippen molar-refractivity contribution in [3.05, 3.63) is 28.2 Å². The van der Waals surface area contributed by atoms with Gasteiger partial charge in [0, 0.05) is 11.0 Å². The van der Waals surface area contributed by atoms with Crippen LogP contribution >= 0.6 is 15.9 Å². The Morgan fingerprint density at radius 2 is 2.11 bits per heavy atom. The molecule has 0 bridgehead atoms. The van der Waals surface area contributed by atoms with Crippen molar-refractivity contribution in [1.82, 2.24) is 10.2 Å². The highest BCUT2D eigenvalue weighted by molar-refractivity contribution is 9.10. The number of amides is 2. The van der Waals surface area contributed by atoms with Gasteiger partial charge in [0.1, 0.15) is 29.5 Å². The van der Waals surface area contributed by atoms with Crippen LogP contribution in [0, 0.1) is 5.92 Å². The van der Waals surface area contributed by atoms with Crippen molar-refractivity contribution in [3.63, 3.8) is 0 Å². The molecule has 0 aromatic heterocycles. The first-order valence-electron chi connectivity index (χ1n) is 9.40. The predicted molar refractivity (Wildman–Crippen MR) is 104 cm³/mol. The minimum absolute atomic E-state index is 0.0706. The fraction of sp³-hybridized carbons (Fsp3) is 0.550. The number of likely N-dealkylation sites (tertiary alicyclic amines) is 1. The zero-order valence-electron chi connectivity index (χ0n) is 16.1. The van der Waals surface area contributed by atoms with Gasteiger partial charge in [0.15, 0.2) is 5.78 Å². The Labute approximate surface area is 171 Å². The average Bonchev–Trinajstić information content (AvgIpc) is 3.21. The first-order chi connectivity index (χ1) is 13.1. The zero-order valence-corrected chi connectivity index (χ0v) is 17.7. The topological polar surface area (TPSA) is 84.9 Å².